The molecule has 0 unspecified atom stereocenters. The normalized spacial score (nSPS) is 17.8. The van der Waals surface area contributed by atoms with E-state index in [0.717, 1.165) is 12.8 Å². The molecular weight excluding hydrogens is 262 g/mol. The van der Waals surface area contributed by atoms with Gasteiger partial charge in [0.15, 0.2) is 5.78 Å². The Morgan fingerprint density at radius 2 is 1.84 bits per heavy atom. The van der Waals surface area contributed by atoms with Gasteiger partial charge in [-0.3, -0.25) is 4.79 Å². The van der Waals surface area contributed by atoms with E-state index in [1.54, 1.807) is 12.1 Å². The molecule has 1 aliphatic carbocycles. The van der Waals surface area contributed by atoms with Crippen LogP contribution in [0.15, 0.2) is 29.2 Å². The largest absolute Gasteiger partial charge is 0.295 e. The second-order valence-corrected chi connectivity index (χ2v) is 7.34. The lowest BCUT2D eigenvalue weighted by atomic mass is 9.71. The third-order valence-electron chi connectivity index (χ3n) is 3.82. The highest BCUT2D eigenvalue weighted by Gasteiger charge is 2.32. The number of hydrogen-bond acceptors (Lipinski definition) is 3. The molecule has 0 radical (unpaired) electrons. The lowest BCUT2D eigenvalue weighted by Gasteiger charge is -2.38. The number of sulfonamides is 1. The van der Waals surface area contributed by atoms with Gasteiger partial charge in [-0.25, -0.2) is 13.1 Å². The highest BCUT2D eigenvalue weighted by atomic mass is 32.2. The first-order valence-corrected chi connectivity index (χ1v) is 7.91. The van der Waals surface area contributed by atoms with E-state index in [4.69, 9.17) is 0 Å². The number of benzene rings is 1. The minimum atomic E-state index is -3.47. The van der Waals surface area contributed by atoms with E-state index >= 15 is 0 Å². The van der Waals surface area contributed by atoms with Crippen molar-refractivity contribution in [2.75, 3.05) is 6.54 Å². The number of rotatable bonds is 5. The van der Waals surface area contributed by atoms with Crippen molar-refractivity contribution >= 4 is 15.8 Å². The molecule has 0 saturated heterocycles. The highest BCUT2D eigenvalue weighted by Crippen LogP contribution is 2.39. The van der Waals surface area contributed by atoms with Crippen molar-refractivity contribution in [1.82, 2.24) is 4.72 Å². The molecule has 0 atom stereocenters. The van der Waals surface area contributed by atoms with Crippen LogP contribution in [0.3, 0.4) is 0 Å². The summed E-state index contributed by atoms with van der Waals surface area (Å²) in [5.74, 6) is -0.0705. The number of ketones is 1. The summed E-state index contributed by atoms with van der Waals surface area (Å²) < 4.78 is 26.9. The summed E-state index contributed by atoms with van der Waals surface area (Å²) in [6.07, 6.45) is 3.31. The number of hydrogen-bond donors (Lipinski definition) is 1. The van der Waals surface area contributed by atoms with E-state index in [1.807, 2.05) is 0 Å². The molecule has 2 rings (SSSR count). The van der Waals surface area contributed by atoms with Gasteiger partial charge in [-0.15, -0.1) is 0 Å². The van der Waals surface area contributed by atoms with Gasteiger partial charge in [-0.05, 0) is 37.3 Å². The number of carbonyl (C=O) groups is 1. The summed E-state index contributed by atoms with van der Waals surface area (Å²) in [5.41, 5.74) is 0.622. The van der Waals surface area contributed by atoms with Gasteiger partial charge in [0.1, 0.15) is 0 Å². The Balaban J connectivity index is 2.08. The Labute approximate surface area is 114 Å². The summed E-state index contributed by atoms with van der Waals surface area (Å²) in [7, 11) is -3.47. The zero-order valence-corrected chi connectivity index (χ0v) is 12.1. The van der Waals surface area contributed by atoms with E-state index in [1.165, 1.54) is 25.5 Å². The topological polar surface area (TPSA) is 63.2 Å². The monoisotopic (exact) mass is 281 g/mol. The van der Waals surface area contributed by atoms with Crippen LogP contribution in [0.4, 0.5) is 0 Å². The molecule has 1 aromatic rings. The van der Waals surface area contributed by atoms with Crippen molar-refractivity contribution in [3.63, 3.8) is 0 Å². The predicted octanol–water partition coefficient (Wildman–Crippen LogP) is 2.36. The molecule has 1 saturated carbocycles. The first kappa shape index (κ1) is 14.2. The zero-order valence-electron chi connectivity index (χ0n) is 11.3. The SMILES string of the molecule is CC(=O)c1ccc(S(=O)(=O)NCC2(C)CCC2)cc1. The molecule has 1 aromatic carbocycles. The second-order valence-electron chi connectivity index (χ2n) is 5.57. The van der Waals surface area contributed by atoms with E-state index in [0.29, 0.717) is 12.1 Å². The van der Waals surface area contributed by atoms with Gasteiger partial charge in [-0.2, -0.15) is 0 Å². The Hall–Kier alpha value is -1.20. The van der Waals surface area contributed by atoms with Crippen LogP contribution in [-0.2, 0) is 10.0 Å². The summed E-state index contributed by atoms with van der Waals surface area (Å²) in [4.78, 5) is 11.4. The maximum Gasteiger partial charge on any atom is 0.240 e. The molecule has 0 aromatic heterocycles. The predicted molar refractivity (Wildman–Crippen MR) is 73.6 cm³/mol. The van der Waals surface area contributed by atoms with Crippen molar-refractivity contribution in [1.29, 1.82) is 0 Å². The average molecular weight is 281 g/mol. The van der Waals surface area contributed by atoms with Crippen LogP contribution < -0.4 is 4.72 Å². The summed E-state index contributed by atoms with van der Waals surface area (Å²) in [5, 5.41) is 0. The van der Waals surface area contributed by atoms with Crippen molar-refractivity contribution in [3.8, 4) is 0 Å². The molecule has 1 aliphatic rings. The van der Waals surface area contributed by atoms with E-state index < -0.39 is 10.0 Å². The van der Waals surface area contributed by atoms with Crippen LogP contribution >= 0.6 is 0 Å². The van der Waals surface area contributed by atoms with Crippen molar-refractivity contribution < 1.29 is 13.2 Å². The Kier molecular flexibility index (Phi) is 3.78. The average Bonchev–Trinajstić information content (AvgIpc) is 2.34. The van der Waals surface area contributed by atoms with Gasteiger partial charge in [0.2, 0.25) is 10.0 Å². The molecule has 0 spiro atoms. The Bertz CT molecular complexity index is 571. The first-order chi connectivity index (χ1) is 8.82. The summed E-state index contributed by atoms with van der Waals surface area (Å²) >= 11 is 0. The Morgan fingerprint density at radius 1 is 1.26 bits per heavy atom. The fourth-order valence-corrected chi connectivity index (χ4v) is 3.38. The van der Waals surface area contributed by atoms with Crippen LogP contribution in [0.1, 0.15) is 43.5 Å². The minimum Gasteiger partial charge on any atom is -0.295 e. The van der Waals surface area contributed by atoms with E-state index in [2.05, 4.69) is 11.6 Å². The van der Waals surface area contributed by atoms with Gasteiger partial charge in [0, 0.05) is 12.1 Å². The Morgan fingerprint density at radius 3 is 2.26 bits per heavy atom. The van der Waals surface area contributed by atoms with Crippen LogP contribution in [0.2, 0.25) is 0 Å². The molecule has 104 valence electrons. The molecule has 0 aliphatic heterocycles. The number of nitrogens with one attached hydrogen (secondary N) is 1. The molecular formula is C14H19NO3S. The van der Waals surface area contributed by atoms with Crippen molar-refractivity contribution in [3.05, 3.63) is 29.8 Å². The molecule has 5 heteroatoms. The summed E-state index contributed by atoms with van der Waals surface area (Å²) in [6.45, 7) is 4.03. The van der Waals surface area contributed by atoms with Crippen molar-refractivity contribution in [2.24, 2.45) is 5.41 Å². The fourth-order valence-electron chi connectivity index (χ4n) is 2.18. The van der Waals surface area contributed by atoms with Crippen LogP contribution in [0, 0.1) is 5.41 Å². The molecule has 1 N–H and O–H groups in total. The second kappa shape index (κ2) is 5.06. The van der Waals surface area contributed by atoms with Gasteiger partial charge < -0.3 is 0 Å². The van der Waals surface area contributed by atoms with Gasteiger partial charge in [0.05, 0.1) is 4.90 Å². The zero-order chi connectivity index (χ0) is 14.1. The minimum absolute atomic E-state index is 0.0705. The molecule has 0 amide bonds. The fraction of sp³-hybridized carbons (Fsp3) is 0.500. The maximum absolute atomic E-state index is 12.1. The van der Waals surface area contributed by atoms with Gasteiger partial charge in [0.25, 0.3) is 0 Å². The number of carbonyl (C=O) groups excluding carboxylic acids is 1. The van der Waals surface area contributed by atoms with Crippen LogP contribution in [-0.4, -0.2) is 20.7 Å². The van der Waals surface area contributed by atoms with Crippen molar-refractivity contribution in [2.45, 2.75) is 38.0 Å². The number of Topliss-reactive ketones (excluding diaryl/α,β-unsaturated/α-hetero) is 1. The molecule has 4 nitrogen and oxygen atoms in total. The quantitative estimate of drug-likeness (QED) is 0.843. The first-order valence-electron chi connectivity index (χ1n) is 6.43. The third-order valence-corrected chi connectivity index (χ3v) is 5.24. The van der Waals surface area contributed by atoms with Gasteiger partial charge >= 0.3 is 0 Å². The summed E-state index contributed by atoms with van der Waals surface area (Å²) in [6, 6.07) is 6.04. The smallest absolute Gasteiger partial charge is 0.240 e. The standard InChI is InChI=1S/C14H19NO3S/c1-11(16)12-4-6-13(7-5-12)19(17,18)15-10-14(2)8-3-9-14/h4-7,15H,3,8-10H2,1-2H3. The van der Waals surface area contributed by atoms with Gasteiger partial charge in [-0.1, -0.05) is 25.5 Å². The lowest BCUT2D eigenvalue weighted by Crippen LogP contribution is -2.39. The lowest BCUT2D eigenvalue weighted by molar-refractivity contribution is 0.101. The third kappa shape index (κ3) is 3.22. The van der Waals surface area contributed by atoms with Crippen LogP contribution in [0.25, 0.3) is 0 Å². The molecule has 0 heterocycles. The maximum atomic E-state index is 12.1. The van der Waals surface area contributed by atoms with E-state index in [-0.39, 0.29) is 16.1 Å². The molecule has 0 bridgehead atoms. The highest BCUT2D eigenvalue weighted by molar-refractivity contribution is 7.89. The molecule has 19 heavy (non-hydrogen) atoms. The molecule has 1 fully saturated rings. The van der Waals surface area contributed by atoms with Crippen LogP contribution in [0.5, 0.6) is 0 Å². The van der Waals surface area contributed by atoms with E-state index in [9.17, 15) is 13.2 Å².